The van der Waals surface area contributed by atoms with Crippen molar-refractivity contribution in [1.82, 2.24) is 0 Å². The lowest BCUT2D eigenvalue weighted by atomic mass is 9.87. The number of nitrogens with zero attached hydrogens (tertiary/aromatic N) is 1. The number of nitrogens with two attached hydrogens (primary N) is 1. The van der Waals surface area contributed by atoms with Gasteiger partial charge < -0.3 is 19.6 Å². The fraction of sp³-hybridized carbons (Fsp3) is 0.0833. The third kappa shape index (κ3) is 3.82. The molecular weight excluding hydrogens is 380 g/mol. The minimum atomic E-state index is -0.519. The lowest BCUT2D eigenvalue weighted by Crippen LogP contribution is -2.21. The first-order valence-corrected chi connectivity index (χ1v) is 9.28. The first-order chi connectivity index (χ1) is 14.5. The number of carbonyl (C=O) groups excluding carboxylic acids is 1. The molecule has 0 amide bonds. The van der Waals surface area contributed by atoms with E-state index in [1.54, 1.807) is 24.3 Å². The van der Waals surface area contributed by atoms with E-state index >= 15 is 0 Å². The van der Waals surface area contributed by atoms with Crippen molar-refractivity contribution in [3.63, 3.8) is 0 Å². The molecule has 0 fully saturated rings. The highest BCUT2D eigenvalue weighted by atomic mass is 16.5. The smallest absolute Gasteiger partial charge is 0.336 e. The van der Waals surface area contributed by atoms with Gasteiger partial charge in [-0.1, -0.05) is 36.4 Å². The van der Waals surface area contributed by atoms with Gasteiger partial charge in [0.1, 0.15) is 34.7 Å². The predicted molar refractivity (Wildman–Crippen MR) is 110 cm³/mol. The molecular formula is C24H18N2O4. The first-order valence-electron chi connectivity index (χ1n) is 9.28. The molecule has 0 saturated carbocycles. The number of ether oxygens (including phenoxy) is 2. The van der Waals surface area contributed by atoms with E-state index in [1.165, 1.54) is 6.08 Å². The maximum Gasteiger partial charge on any atom is 0.336 e. The summed E-state index contributed by atoms with van der Waals surface area (Å²) in [4.78, 5) is 12.2. The molecule has 1 unspecified atom stereocenters. The van der Waals surface area contributed by atoms with Crippen LogP contribution in [0.2, 0.25) is 0 Å². The normalized spacial score (nSPS) is 15.4. The molecule has 0 aliphatic carbocycles. The van der Waals surface area contributed by atoms with Crippen LogP contribution in [0.4, 0.5) is 0 Å². The van der Waals surface area contributed by atoms with Gasteiger partial charge in [0.05, 0.1) is 5.92 Å². The Morgan fingerprint density at radius 2 is 1.97 bits per heavy atom. The molecule has 0 radical (unpaired) electrons. The number of hydrogen-bond donors (Lipinski definition) is 1. The third-order valence-electron chi connectivity index (χ3n) is 4.67. The monoisotopic (exact) mass is 398 g/mol. The molecule has 2 aromatic carbocycles. The summed E-state index contributed by atoms with van der Waals surface area (Å²) in [6.07, 6.45) is 3.03. The first kappa shape index (κ1) is 19.1. The van der Waals surface area contributed by atoms with Gasteiger partial charge in [-0.15, -0.1) is 0 Å². The summed E-state index contributed by atoms with van der Waals surface area (Å²) in [6.45, 7) is 1.83. The molecule has 0 spiro atoms. The molecule has 6 nitrogen and oxygen atoms in total. The van der Waals surface area contributed by atoms with E-state index in [0.29, 0.717) is 22.8 Å². The zero-order valence-electron chi connectivity index (χ0n) is 16.2. The Hall–Kier alpha value is -4.24. The fourth-order valence-electron chi connectivity index (χ4n) is 3.28. The quantitative estimate of drug-likeness (QED) is 0.397. The Balaban J connectivity index is 1.60. The number of nitriles is 1. The van der Waals surface area contributed by atoms with Gasteiger partial charge in [0.25, 0.3) is 0 Å². The molecule has 1 atom stereocenters. The van der Waals surface area contributed by atoms with Crippen molar-refractivity contribution in [2.24, 2.45) is 5.73 Å². The van der Waals surface area contributed by atoms with E-state index in [4.69, 9.17) is 19.6 Å². The zero-order chi connectivity index (χ0) is 21.1. The van der Waals surface area contributed by atoms with Gasteiger partial charge >= 0.3 is 5.97 Å². The van der Waals surface area contributed by atoms with Gasteiger partial charge in [0.15, 0.2) is 0 Å². The van der Waals surface area contributed by atoms with E-state index in [1.807, 2.05) is 49.4 Å². The second-order valence-electron chi connectivity index (χ2n) is 6.74. The third-order valence-corrected chi connectivity index (χ3v) is 4.67. The SMILES string of the molecule is Cc1ccc(C2C(C#N)=C(N)Oc3cc(OC(=O)/C=C/c4ccccc4)ccc32)o1. The summed E-state index contributed by atoms with van der Waals surface area (Å²) in [5.74, 6) is 1.01. The largest absolute Gasteiger partial charge is 0.465 e. The van der Waals surface area contributed by atoms with Crippen molar-refractivity contribution in [3.8, 4) is 17.6 Å². The van der Waals surface area contributed by atoms with Crippen molar-refractivity contribution in [1.29, 1.82) is 5.26 Å². The van der Waals surface area contributed by atoms with Gasteiger partial charge in [-0.2, -0.15) is 5.26 Å². The Morgan fingerprint density at radius 3 is 2.67 bits per heavy atom. The zero-order valence-corrected chi connectivity index (χ0v) is 16.2. The van der Waals surface area contributed by atoms with Crippen LogP contribution in [-0.4, -0.2) is 5.97 Å². The fourth-order valence-corrected chi connectivity index (χ4v) is 3.28. The highest BCUT2D eigenvalue weighted by Gasteiger charge is 2.33. The molecule has 148 valence electrons. The second kappa shape index (κ2) is 8.02. The topological polar surface area (TPSA) is 98.5 Å². The van der Waals surface area contributed by atoms with Crippen LogP contribution in [0.3, 0.4) is 0 Å². The molecule has 1 aromatic heterocycles. The van der Waals surface area contributed by atoms with Gasteiger partial charge in [0, 0.05) is 17.7 Å². The van der Waals surface area contributed by atoms with Gasteiger partial charge in [-0.05, 0) is 36.8 Å². The summed E-state index contributed by atoms with van der Waals surface area (Å²) in [5, 5.41) is 9.57. The standard InChI is InChI=1S/C24H18N2O4/c1-15-7-11-20(28-15)23-18-10-9-17(13-21(18)30-24(26)19(23)14-25)29-22(27)12-8-16-5-3-2-4-6-16/h2-13,23H,26H2,1H3/b12-8+. The lowest BCUT2D eigenvalue weighted by Gasteiger charge is -2.25. The molecule has 1 aliphatic heterocycles. The molecule has 1 aliphatic rings. The number of carbonyl (C=O) groups is 1. The minimum absolute atomic E-state index is 0.00324. The van der Waals surface area contributed by atoms with Gasteiger partial charge in [-0.3, -0.25) is 0 Å². The van der Waals surface area contributed by atoms with Crippen molar-refractivity contribution in [2.45, 2.75) is 12.8 Å². The van der Waals surface area contributed by atoms with Crippen LogP contribution in [-0.2, 0) is 4.79 Å². The Labute approximate surface area is 173 Å². The Kier molecular flexibility index (Phi) is 5.10. The average Bonchev–Trinajstić information content (AvgIpc) is 3.17. The molecule has 3 aromatic rings. The number of allylic oxidation sites excluding steroid dienone is 1. The number of esters is 1. The van der Waals surface area contributed by atoms with Gasteiger partial charge in [-0.25, -0.2) is 4.79 Å². The number of aryl methyl sites for hydroxylation is 1. The maximum atomic E-state index is 12.2. The van der Waals surface area contributed by atoms with Gasteiger partial charge in [0.2, 0.25) is 5.88 Å². The summed E-state index contributed by atoms with van der Waals surface area (Å²) < 4.78 is 16.8. The van der Waals surface area contributed by atoms with Crippen LogP contribution < -0.4 is 15.2 Å². The molecule has 6 heteroatoms. The van der Waals surface area contributed by atoms with Crippen LogP contribution >= 0.6 is 0 Å². The number of hydrogen-bond acceptors (Lipinski definition) is 6. The second-order valence-corrected chi connectivity index (χ2v) is 6.74. The number of rotatable bonds is 4. The van der Waals surface area contributed by atoms with E-state index < -0.39 is 11.9 Å². The average molecular weight is 398 g/mol. The van der Waals surface area contributed by atoms with Crippen molar-refractivity contribution < 1.29 is 18.7 Å². The summed E-state index contributed by atoms with van der Waals surface area (Å²) >= 11 is 0. The van der Waals surface area contributed by atoms with E-state index in [2.05, 4.69) is 6.07 Å². The number of furan rings is 1. The van der Waals surface area contributed by atoms with E-state index in [-0.39, 0.29) is 11.5 Å². The minimum Gasteiger partial charge on any atom is -0.465 e. The van der Waals surface area contributed by atoms with Crippen LogP contribution in [0.15, 0.2) is 82.6 Å². The van der Waals surface area contributed by atoms with E-state index in [9.17, 15) is 10.1 Å². The highest BCUT2D eigenvalue weighted by molar-refractivity contribution is 5.88. The van der Waals surface area contributed by atoms with E-state index in [0.717, 1.165) is 11.3 Å². The molecule has 0 saturated heterocycles. The molecule has 2 heterocycles. The number of fused-ring (bicyclic) bond motifs is 1. The Bertz CT molecular complexity index is 1200. The number of benzene rings is 2. The molecule has 2 N–H and O–H groups in total. The van der Waals surface area contributed by atoms with Crippen LogP contribution in [0.5, 0.6) is 11.5 Å². The molecule has 0 bridgehead atoms. The van der Waals surface area contributed by atoms with Crippen LogP contribution in [0.1, 0.15) is 28.6 Å². The van der Waals surface area contributed by atoms with Crippen molar-refractivity contribution >= 4 is 12.0 Å². The lowest BCUT2D eigenvalue weighted by molar-refractivity contribution is -0.128. The van der Waals surface area contributed by atoms with Crippen molar-refractivity contribution in [3.05, 3.63) is 101 Å². The predicted octanol–water partition coefficient (Wildman–Crippen LogP) is 4.43. The summed E-state index contributed by atoms with van der Waals surface area (Å²) in [5.41, 5.74) is 7.84. The van der Waals surface area contributed by atoms with Crippen LogP contribution in [0.25, 0.3) is 6.08 Å². The summed E-state index contributed by atoms with van der Waals surface area (Å²) in [6, 6.07) is 20.1. The Morgan fingerprint density at radius 1 is 1.17 bits per heavy atom. The maximum absolute atomic E-state index is 12.2. The van der Waals surface area contributed by atoms with Crippen molar-refractivity contribution in [2.75, 3.05) is 0 Å². The highest BCUT2D eigenvalue weighted by Crippen LogP contribution is 2.43. The molecule has 30 heavy (non-hydrogen) atoms. The van der Waals surface area contributed by atoms with Crippen LogP contribution in [0, 0.1) is 18.3 Å². The molecule has 4 rings (SSSR count). The summed E-state index contributed by atoms with van der Waals surface area (Å²) in [7, 11) is 0.